The molecule has 1 atom stereocenters. The van der Waals surface area contributed by atoms with Gasteiger partial charge in [0.1, 0.15) is 6.04 Å². The van der Waals surface area contributed by atoms with Gasteiger partial charge in [0.05, 0.1) is 11.2 Å². The van der Waals surface area contributed by atoms with E-state index in [4.69, 9.17) is 4.42 Å². The van der Waals surface area contributed by atoms with Crippen molar-refractivity contribution in [1.82, 2.24) is 9.21 Å². The maximum Gasteiger partial charge on any atom is 0.277 e. The Labute approximate surface area is 166 Å². The molecule has 0 spiro atoms. The first-order valence-electron chi connectivity index (χ1n) is 9.51. The Hall–Kier alpha value is -2.16. The van der Waals surface area contributed by atoms with Crippen LogP contribution in [0.2, 0.25) is 0 Å². The molecule has 0 bridgehead atoms. The monoisotopic (exact) mass is 406 g/mol. The molecule has 2 N–H and O–H groups in total. The van der Waals surface area contributed by atoms with Crippen molar-refractivity contribution in [2.45, 2.75) is 31.7 Å². The Bertz CT molecular complexity index is 917. The molecule has 2 aromatic rings. The van der Waals surface area contributed by atoms with E-state index in [1.165, 1.54) is 4.31 Å². The number of amides is 1. The zero-order valence-electron chi connectivity index (χ0n) is 16.6. The highest BCUT2D eigenvalue weighted by Gasteiger charge is 2.30. The number of sulfonamides is 1. The van der Waals surface area contributed by atoms with E-state index in [1.54, 1.807) is 23.3 Å². The van der Waals surface area contributed by atoms with Crippen molar-refractivity contribution in [3.63, 3.8) is 0 Å². The van der Waals surface area contributed by atoms with Crippen LogP contribution in [0.1, 0.15) is 29.9 Å². The van der Waals surface area contributed by atoms with E-state index < -0.39 is 10.0 Å². The fraction of sp³-hybridized carbons (Fsp3) is 0.450. The van der Waals surface area contributed by atoms with Gasteiger partial charge >= 0.3 is 0 Å². The summed E-state index contributed by atoms with van der Waals surface area (Å²) in [6.07, 6.45) is 1.62. The topological polar surface area (TPSA) is 87.4 Å². The van der Waals surface area contributed by atoms with Gasteiger partial charge in [-0.25, -0.2) is 8.42 Å². The summed E-state index contributed by atoms with van der Waals surface area (Å²) in [4.78, 5) is 14.5. The fourth-order valence-electron chi connectivity index (χ4n) is 3.27. The number of carbonyl (C=O) groups excluding carboxylic acids is 1. The number of benzene rings is 1. The average Bonchev–Trinajstić information content (AvgIpc) is 3.23. The molecule has 28 heavy (non-hydrogen) atoms. The number of nitrogens with zero attached hydrogens (tertiary/aromatic N) is 2. The van der Waals surface area contributed by atoms with E-state index in [2.05, 4.69) is 0 Å². The summed E-state index contributed by atoms with van der Waals surface area (Å²) in [5, 5.41) is 1.93. The number of rotatable bonds is 6. The molecule has 1 aliphatic heterocycles. The van der Waals surface area contributed by atoms with E-state index in [9.17, 15) is 13.2 Å². The minimum Gasteiger partial charge on any atom is -0.463 e. The summed E-state index contributed by atoms with van der Waals surface area (Å²) in [7, 11) is -3.53. The number of carbonyl (C=O) groups is 1. The van der Waals surface area contributed by atoms with Crippen LogP contribution < -0.4 is 5.32 Å². The lowest BCUT2D eigenvalue weighted by molar-refractivity contribution is -0.685. The first kappa shape index (κ1) is 20.6. The second-order valence-electron chi connectivity index (χ2n) is 7.27. The molecule has 2 heterocycles. The molecule has 152 valence electrons. The van der Waals surface area contributed by atoms with E-state index >= 15 is 0 Å². The lowest BCUT2D eigenvalue weighted by Gasteiger charge is -2.33. The highest BCUT2D eigenvalue weighted by molar-refractivity contribution is 7.89. The van der Waals surface area contributed by atoms with Crippen molar-refractivity contribution in [2.24, 2.45) is 0 Å². The zero-order chi connectivity index (χ0) is 20.3. The number of hydrogen-bond acceptors (Lipinski definition) is 4. The third kappa shape index (κ3) is 4.45. The van der Waals surface area contributed by atoms with E-state index in [1.807, 2.05) is 44.3 Å². The molecule has 0 unspecified atom stereocenters. The number of aryl methyl sites for hydroxylation is 2. The third-order valence-corrected chi connectivity index (χ3v) is 7.24. The normalized spacial score (nSPS) is 16.9. The van der Waals surface area contributed by atoms with Crippen molar-refractivity contribution >= 4 is 15.9 Å². The lowest BCUT2D eigenvalue weighted by atomic mass is 10.1. The SMILES string of the molecule is Cc1ccc(S(=O)(=O)N2CCN(C(=O)C[NH2+][C@H](C)c3ccco3)CC2)cc1C. The molecule has 1 aliphatic rings. The van der Waals surface area contributed by atoms with Crippen LogP contribution in [-0.4, -0.2) is 56.3 Å². The highest BCUT2D eigenvalue weighted by Crippen LogP contribution is 2.20. The molecule has 3 rings (SSSR count). The fourth-order valence-corrected chi connectivity index (χ4v) is 4.78. The highest BCUT2D eigenvalue weighted by atomic mass is 32.2. The summed E-state index contributed by atoms with van der Waals surface area (Å²) < 4.78 is 32.6. The molecule has 1 aromatic heterocycles. The second-order valence-corrected chi connectivity index (χ2v) is 9.21. The Morgan fingerprint density at radius 3 is 2.46 bits per heavy atom. The molecule has 0 aliphatic carbocycles. The summed E-state index contributed by atoms with van der Waals surface area (Å²) in [6, 6.07) is 8.98. The minimum atomic E-state index is -3.53. The predicted molar refractivity (Wildman–Crippen MR) is 105 cm³/mol. The van der Waals surface area contributed by atoms with Crippen LogP contribution in [0, 0.1) is 13.8 Å². The first-order valence-corrected chi connectivity index (χ1v) is 10.9. The Kier molecular flexibility index (Phi) is 6.22. The summed E-state index contributed by atoms with van der Waals surface area (Å²) in [5.41, 5.74) is 2.02. The van der Waals surface area contributed by atoms with Crippen molar-refractivity contribution in [3.05, 3.63) is 53.5 Å². The molecule has 1 fully saturated rings. The van der Waals surface area contributed by atoms with Gasteiger partial charge in [-0.3, -0.25) is 4.79 Å². The summed E-state index contributed by atoms with van der Waals surface area (Å²) >= 11 is 0. The van der Waals surface area contributed by atoms with Gasteiger partial charge in [-0.05, 0) is 56.2 Å². The molecule has 1 amide bonds. The summed E-state index contributed by atoms with van der Waals surface area (Å²) in [5.74, 6) is 0.846. The van der Waals surface area contributed by atoms with Gasteiger partial charge in [0.25, 0.3) is 5.91 Å². The Morgan fingerprint density at radius 1 is 1.14 bits per heavy atom. The molecule has 1 aromatic carbocycles. The predicted octanol–water partition coefficient (Wildman–Crippen LogP) is 1.05. The third-order valence-electron chi connectivity index (χ3n) is 5.35. The first-order chi connectivity index (χ1) is 13.3. The maximum atomic E-state index is 12.9. The van der Waals surface area contributed by atoms with Gasteiger partial charge in [-0.2, -0.15) is 4.31 Å². The quantitative estimate of drug-likeness (QED) is 0.777. The van der Waals surface area contributed by atoms with Crippen LogP contribution in [0.4, 0.5) is 0 Å². The maximum absolute atomic E-state index is 12.9. The minimum absolute atomic E-state index is 0.0154. The van der Waals surface area contributed by atoms with Gasteiger partial charge in [-0.15, -0.1) is 0 Å². The molecule has 1 saturated heterocycles. The van der Waals surface area contributed by atoms with Gasteiger partial charge in [0.15, 0.2) is 12.3 Å². The van der Waals surface area contributed by atoms with E-state index in [0.29, 0.717) is 37.6 Å². The van der Waals surface area contributed by atoms with Crippen molar-refractivity contribution in [1.29, 1.82) is 0 Å². The Balaban J connectivity index is 1.54. The van der Waals surface area contributed by atoms with Crippen LogP contribution >= 0.6 is 0 Å². The van der Waals surface area contributed by atoms with Gasteiger partial charge < -0.3 is 14.6 Å². The zero-order valence-corrected chi connectivity index (χ0v) is 17.4. The van der Waals surface area contributed by atoms with E-state index in [-0.39, 0.29) is 11.9 Å². The molecule has 0 saturated carbocycles. The molecular formula is C20H28N3O4S+. The van der Waals surface area contributed by atoms with Crippen LogP contribution in [0.15, 0.2) is 45.9 Å². The number of furan rings is 1. The van der Waals surface area contributed by atoms with Crippen LogP contribution in [0.3, 0.4) is 0 Å². The largest absolute Gasteiger partial charge is 0.463 e. The molecule has 8 heteroatoms. The van der Waals surface area contributed by atoms with Crippen LogP contribution in [0.5, 0.6) is 0 Å². The summed E-state index contributed by atoms with van der Waals surface area (Å²) in [6.45, 7) is 7.61. The van der Waals surface area contributed by atoms with Gasteiger partial charge in [-0.1, -0.05) is 6.07 Å². The smallest absolute Gasteiger partial charge is 0.277 e. The van der Waals surface area contributed by atoms with Crippen molar-refractivity contribution in [3.8, 4) is 0 Å². The van der Waals surface area contributed by atoms with Crippen molar-refractivity contribution in [2.75, 3.05) is 32.7 Å². The number of nitrogens with two attached hydrogens (primary N) is 1. The van der Waals surface area contributed by atoms with E-state index in [0.717, 1.165) is 16.9 Å². The van der Waals surface area contributed by atoms with Gasteiger partial charge in [0.2, 0.25) is 10.0 Å². The van der Waals surface area contributed by atoms with Crippen molar-refractivity contribution < 1.29 is 22.9 Å². The molecule has 0 radical (unpaired) electrons. The second kappa shape index (κ2) is 8.46. The Morgan fingerprint density at radius 2 is 1.86 bits per heavy atom. The number of piperazine rings is 1. The molecular weight excluding hydrogens is 378 g/mol. The van der Waals surface area contributed by atoms with Gasteiger partial charge in [0, 0.05) is 26.2 Å². The molecule has 7 nitrogen and oxygen atoms in total. The standard InChI is InChI=1S/C20H27N3O4S/c1-15-6-7-18(13-16(15)2)28(25,26)23-10-8-22(9-11-23)20(24)14-21-17(3)19-5-4-12-27-19/h4-7,12-13,17,21H,8-11,14H2,1-3H3/p+1/t17-/m1/s1. The van der Waals surface area contributed by atoms with Crippen LogP contribution in [-0.2, 0) is 14.8 Å². The lowest BCUT2D eigenvalue weighted by Crippen LogP contribution is -2.87. The number of quaternary nitrogens is 1. The average molecular weight is 407 g/mol. The van der Waals surface area contributed by atoms with Crippen LogP contribution in [0.25, 0.3) is 0 Å². The number of hydrogen-bond donors (Lipinski definition) is 1.